The van der Waals surface area contributed by atoms with Gasteiger partial charge in [0.05, 0.1) is 0 Å². The molecule has 1 aliphatic carbocycles. The van der Waals surface area contributed by atoms with E-state index in [2.05, 4.69) is 19.2 Å². The number of amides is 1. The van der Waals surface area contributed by atoms with E-state index >= 15 is 0 Å². The Hall–Kier alpha value is -1.52. The van der Waals surface area contributed by atoms with Crippen LogP contribution < -0.4 is 5.32 Å². The lowest BCUT2D eigenvalue weighted by Crippen LogP contribution is -2.27. The highest BCUT2D eigenvalue weighted by Gasteiger charge is 2.45. The van der Waals surface area contributed by atoms with E-state index in [0.717, 1.165) is 6.42 Å². The lowest BCUT2D eigenvalue weighted by atomic mass is 10.1. The SMILES string of the molecule is CC1(C)CC1CNC(=O)c1cc(F)c(F)c(F)c1. The van der Waals surface area contributed by atoms with Crippen LogP contribution in [-0.4, -0.2) is 12.5 Å². The molecule has 2 rings (SSSR count). The Balaban J connectivity index is 2.01. The molecule has 5 heteroatoms. The van der Waals surface area contributed by atoms with E-state index in [1.165, 1.54) is 0 Å². The molecule has 1 aromatic carbocycles. The van der Waals surface area contributed by atoms with Crippen LogP contribution in [0.4, 0.5) is 13.2 Å². The summed E-state index contributed by atoms with van der Waals surface area (Å²) in [6.07, 6.45) is 1.01. The Morgan fingerprint density at radius 2 is 1.83 bits per heavy atom. The molecule has 1 aliphatic rings. The molecule has 0 aliphatic heterocycles. The summed E-state index contributed by atoms with van der Waals surface area (Å²) >= 11 is 0. The molecule has 1 amide bonds. The number of carbonyl (C=O) groups is 1. The van der Waals surface area contributed by atoms with Crippen molar-refractivity contribution in [1.29, 1.82) is 0 Å². The van der Waals surface area contributed by atoms with Crippen molar-refractivity contribution in [1.82, 2.24) is 5.32 Å². The largest absolute Gasteiger partial charge is 0.352 e. The molecule has 0 spiro atoms. The molecule has 1 aromatic rings. The zero-order valence-corrected chi connectivity index (χ0v) is 10.2. The predicted molar refractivity (Wildman–Crippen MR) is 60.5 cm³/mol. The highest BCUT2D eigenvalue weighted by molar-refractivity contribution is 5.94. The van der Waals surface area contributed by atoms with Crippen LogP contribution in [0.5, 0.6) is 0 Å². The molecule has 98 valence electrons. The first kappa shape index (κ1) is 12.9. The van der Waals surface area contributed by atoms with Crippen molar-refractivity contribution in [3.8, 4) is 0 Å². The summed E-state index contributed by atoms with van der Waals surface area (Å²) in [5.74, 6) is -4.47. The van der Waals surface area contributed by atoms with Gasteiger partial charge in [-0.25, -0.2) is 13.2 Å². The molecule has 1 unspecified atom stereocenters. The Kier molecular flexibility index (Phi) is 3.09. The van der Waals surface area contributed by atoms with E-state index in [1.54, 1.807) is 0 Å². The summed E-state index contributed by atoms with van der Waals surface area (Å²) in [4.78, 5) is 11.6. The maximum Gasteiger partial charge on any atom is 0.251 e. The molecular weight excluding hydrogens is 243 g/mol. The first-order valence-corrected chi connectivity index (χ1v) is 5.74. The number of rotatable bonds is 3. The molecule has 1 saturated carbocycles. The van der Waals surface area contributed by atoms with E-state index in [9.17, 15) is 18.0 Å². The first-order chi connectivity index (χ1) is 8.31. The average molecular weight is 257 g/mol. The second-order valence-electron chi connectivity index (χ2n) is 5.35. The quantitative estimate of drug-likeness (QED) is 0.829. The summed E-state index contributed by atoms with van der Waals surface area (Å²) in [7, 11) is 0. The summed E-state index contributed by atoms with van der Waals surface area (Å²) in [5, 5.41) is 2.60. The molecule has 1 atom stereocenters. The summed E-state index contributed by atoms with van der Waals surface area (Å²) in [5.41, 5.74) is 0.0110. The van der Waals surface area contributed by atoms with Crippen LogP contribution in [0.15, 0.2) is 12.1 Å². The van der Waals surface area contributed by atoms with Crippen molar-refractivity contribution in [3.63, 3.8) is 0 Å². The van der Waals surface area contributed by atoms with E-state index in [4.69, 9.17) is 0 Å². The number of nitrogens with one attached hydrogen (secondary N) is 1. The third-order valence-corrected chi connectivity index (χ3v) is 3.47. The van der Waals surface area contributed by atoms with Crippen molar-refractivity contribution < 1.29 is 18.0 Å². The molecule has 1 fully saturated rings. The van der Waals surface area contributed by atoms with Crippen LogP contribution in [0.3, 0.4) is 0 Å². The number of hydrogen-bond acceptors (Lipinski definition) is 1. The van der Waals surface area contributed by atoms with Crippen molar-refractivity contribution in [3.05, 3.63) is 35.1 Å². The topological polar surface area (TPSA) is 29.1 Å². The van der Waals surface area contributed by atoms with Crippen LogP contribution in [0.2, 0.25) is 0 Å². The Morgan fingerprint density at radius 3 is 2.28 bits per heavy atom. The van der Waals surface area contributed by atoms with Gasteiger partial charge < -0.3 is 5.32 Å². The van der Waals surface area contributed by atoms with Crippen molar-refractivity contribution in [2.24, 2.45) is 11.3 Å². The van der Waals surface area contributed by atoms with Gasteiger partial charge >= 0.3 is 0 Å². The second kappa shape index (κ2) is 4.30. The van der Waals surface area contributed by atoms with Gasteiger partial charge in [0, 0.05) is 12.1 Å². The molecule has 1 N–H and O–H groups in total. The van der Waals surface area contributed by atoms with Crippen LogP contribution in [0.25, 0.3) is 0 Å². The fraction of sp³-hybridized carbons (Fsp3) is 0.462. The fourth-order valence-corrected chi connectivity index (χ4v) is 1.93. The van der Waals surface area contributed by atoms with E-state index in [0.29, 0.717) is 24.6 Å². The van der Waals surface area contributed by atoms with Gasteiger partial charge in [-0.05, 0) is 29.9 Å². The minimum Gasteiger partial charge on any atom is -0.352 e. The lowest BCUT2D eigenvalue weighted by molar-refractivity contribution is 0.0949. The smallest absolute Gasteiger partial charge is 0.251 e. The molecule has 0 aromatic heterocycles. The zero-order valence-electron chi connectivity index (χ0n) is 10.2. The highest BCUT2D eigenvalue weighted by atomic mass is 19.2. The third-order valence-electron chi connectivity index (χ3n) is 3.47. The van der Waals surface area contributed by atoms with Crippen molar-refractivity contribution >= 4 is 5.91 Å². The van der Waals surface area contributed by atoms with Crippen LogP contribution in [0.1, 0.15) is 30.6 Å². The van der Waals surface area contributed by atoms with Gasteiger partial charge in [-0.3, -0.25) is 4.79 Å². The number of halogens is 3. The fourth-order valence-electron chi connectivity index (χ4n) is 1.93. The third kappa shape index (κ3) is 2.49. The monoisotopic (exact) mass is 257 g/mol. The summed E-state index contributed by atoms with van der Waals surface area (Å²) < 4.78 is 38.6. The minimum absolute atomic E-state index is 0.204. The molecule has 0 radical (unpaired) electrons. The standard InChI is InChI=1S/C13H14F3NO/c1-13(2)5-8(13)6-17-12(18)7-3-9(14)11(16)10(15)4-7/h3-4,8H,5-6H2,1-2H3,(H,17,18). The van der Waals surface area contributed by atoms with Crippen molar-refractivity contribution in [2.45, 2.75) is 20.3 Å². The van der Waals surface area contributed by atoms with Gasteiger partial charge in [0.25, 0.3) is 5.91 Å². The highest BCUT2D eigenvalue weighted by Crippen LogP contribution is 2.50. The minimum atomic E-state index is -1.56. The maximum absolute atomic E-state index is 12.9. The Bertz CT molecular complexity index is 476. The first-order valence-electron chi connectivity index (χ1n) is 5.74. The van der Waals surface area contributed by atoms with Crippen LogP contribution in [-0.2, 0) is 0 Å². The normalized spacial score (nSPS) is 20.6. The van der Waals surface area contributed by atoms with Gasteiger partial charge in [-0.1, -0.05) is 13.8 Å². The molecule has 18 heavy (non-hydrogen) atoms. The van der Waals surface area contributed by atoms with E-state index < -0.39 is 23.4 Å². The van der Waals surface area contributed by atoms with E-state index in [1.807, 2.05) is 0 Å². The second-order valence-corrected chi connectivity index (χ2v) is 5.35. The molecule has 2 nitrogen and oxygen atoms in total. The maximum atomic E-state index is 12.9. The number of benzene rings is 1. The summed E-state index contributed by atoms with van der Waals surface area (Å²) in [6.45, 7) is 4.63. The summed E-state index contributed by atoms with van der Waals surface area (Å²) in [6, 6.07) is 1.40. The van der Waals surface area contributed by atoms with Gasteiger partial charge in [0.15, 0.2) is 17.5 Å². The number of carbonyl (C=O) groups excluding carboxylic acids is 1. The van der Waals surface area contributed by atoms with E-state index in [-0.39, 0.29) is 11.0 Å². The molecule has 0 heterocycles. The van der Waals surface area contributed by atoms with Gasteiger partial charge in [0.1, 0.15) is 0 Å². The van der Waals surface area contributed by atoms with Gasteiger partial charge in [0.2, 0.25) is 0 Å². The van der Waals surface area contributed by atoms with Crippen LogP contribution in [0, 0.1) is 28.8 Å². The predicted octanol–water partition coefficient (Wildman–Crippen LogP) is 2.88. The molecule has 0 bridgehead atoms. The van der Waals surface area contributed by atoms with Crippen molar-refractivity contribution in [2.75, 3.05) is 6.54 Å². The molecule has 0 saturated heterocycles. The molecular formula is C13H14F3NO. The Labute approximate surface area is 103 Å². The van der Waals surface area contributed by atoms with Crippen LogP contribution >= 0.6 is 0 Å². The zero-order chi connectivity index (χ0) is 13.5. The lowest BCUT2D eigenvalue weighted by Gasteiger charge is -2.07. The Morgan fingerprint density at radius 1 is 1.33 bits per heavy atom. The van der Waals surface area contributed by atoms with Gasteiger partial charge in [-0.15, -0.1) is 0 Å². The number of hydrogen-bond donors (Lipinski definition) is 1. The van der Waals surface area contributed by atoms with Gasteiger partial charge in [-0.2, -0.15) is 0 Å². The average Bonchev–Trinajstić information content (AvgIpc) is 2.90.